The van der Waals surface area contributed by atoms with E-state index < -0.39 is 15.9 Å². The Labute approximate surface area is 142 Å². The first-order valence-electron chi connectivity index (χ1n) is 8.03. The maximum atomic E-state index is 12.2. The molecule has 0 atom stereocenters. The zero-order chi connectivity index (χ0) is 17.4. The largest absolute Gasteiger partial charge is 0.490 e. The first kappa shape index (κ1) is 18.7. The van der Waals surface area contributed by atoms with Gasteiger partial charge in [-0.05, 0) is 49.9 Å². The summed E-state index contributed by atoms with van der Waals surface area (Å²) in [7, 11) is -2.20. The molecule has 0 aromatic heterocycles. The summed E-state index contributed by atoms with van der Waals surface area (Å²) in [4.78, 5) is 11.6. The van der Waals surface area contributed by atoms with Crippen LogP contribution in [-0.4, -0.2) is 47.2 Å². The van der Waals surface area contributed by atoms with Crippen molar-refractivity contribution in [2.24, 2.45) is 0 Å². The molecule has 0 heterocycles. The Morgan fingerprint density at radius 3 is 2.50 bits per heavy atom. The summed E-state index contributed by atoms with van der Waals surface area (Å²) >= 11 is 0. The van der Waals surface area contributed by atoms with Crippen LogP contribution in [0.1, 0.15) is 25.7 Å². The Morgan fingerprint density at radius 2 is 1.88 bits per heavy atom. The van der Waals surface area contributed by atoms with Gasteiger partial charge in [0, 0.05) is 13.7 Å². The molecule has 1 saturated carbocycles. The lowest BCUT2D eigenvalue weighted by atomic mass is 10.3. The number of benzene rings is 1. The molecule has 134 valence electrons. The van der Waals surface area contributed by atoms with E-state index in [1.807, 2.05) is 0 Å². The van der Waals surface area contributed by atoms with E-state index in [4.69, 9.17) is 9.47 Å². The van der Waals surface area contributed by atoms with Gasteiger partial charge in [0.25, 0.3) is 0 Å². The van der Waals surface area contributed by atoms with Crippen molar-refractivity contribution in [3.05, 3.63) is 24.3 Å². The summed E-state index contributed by atoms with van der Waals surface area (Å²) < 4.78 is 37.2. The summed E-state index contributed by atoms with van der Waals surface area (Å²) in [6.07, 6.45) is 4.65. The molecule has 0 spiro atoms. The van der Waals surface area contributed by atoms with Crippen LogP contribution in [0.25, 0.3) is 0 Å². The van der Waals surface area contributed by atoms with Crippen LogP contribution in [0.15, 0.2) is 29.2 Å². The van der Waals surface area contributed by atoms with Crippen LogP contribution in [0.5, 0.6) is 5.75 Å². The number of hydrogen-bond donors (Lipinski definition) is 2. The number of nitrogens with one attached hydrogen (secondary N) is 2. The third kappa shape index (κ3) is 5.77. The number of carbonyl (C=O) groups excluding carboxylic acids is 1. The second kappa shape index (κ2) is 9.00. The number of ether oxygens (including phenoxy) is 2. The molecule has 0 aliphatic heterocycles. The molecule has 7 nitrogen and oxygen atoms in total. The highest BCUT2D eigenvalue weighted by Crippen LogP contribution is 2.24. The predicted molar refractivity (Wildman–Crippen MR) is 89.4 cm³/mol. The molecule has 24 heavy (non-hydrogen) atoms. The molecule has 2 N–H and O–H groups in total. The summed E-state index contributed by atoms with van der Waals surface area (Å²) in [5, 5.41) is 2.55. The van der Waals surface area contributed by atoms with Crippen molar-refractivity contribution in [1.29, 1.82) is 0 Å². The highest BCUT2D eigenvalue weighted by molar-refractivity contribution is 7.89. The van der Waals surface area contributed by atoms with E-state index >= 15 is 0 Å². The number of sulfonamides is 1. The fourth-order valence-electron chi connectivity index (χ4n) is 2.49. The number of methoxy groups -OCH3 is 1. The monoisotopic (exact) mass is 356 g/mol. The summed E-state index contributed by atoms with van der Waals surface area (Å²) in [5.41, 5.74) is 0. The number of rotatable bonds is 9. The van der Waals surface area contributed by atoms with Crippen LogP contribution in [0.2, 0.25) is 0 Å². The number of amides is 1. The summed E-state index contributed by atoms with van der Waals surface area (Å²) in [5.74, 6) is 0.259. The molecule has 0 saturated heterocycles. The molecular weight excluding hydrogens is 332 g/mol. The normalized spacial score (nSPS) is 15.4. The van der Waals surface area contributed by atoms with Crippen LogP contribution >= 0.6 is 0 Å². The first-order chi connectivity index (χ1) is 11.5. The topological polar surface area (TPSA) is 93.7 Å². The fourth-order valence-corrected chi connectivity index (χ4v) is 3.48. The molecule has 0 radical (unpaired) electrons. The maximum Gasteiger partial charge on any atom is 0.241 e. The van der Waals surface area contributed by atoms with Gasteiger partial charge in [0.05, 0.1) is 24.2 Å². The SMILES string of the molecule is COCCNC(=O)CNS(=O)(=O)c1ccc(OC2CCCC2)cc1. The number of hydrogen-bond acceptors (Lipinski definition) is 5. The van der Waals surface area contributed by atoms with Gasteiger partial charge in [-0.2, -0.15) is 0 Å². The van der Waals surface area contributed by atoms with Crippen molar-refractivity contribution in [2.45, 2.75) is 36.7 Å². The van der Waals surface area contributed by atoms with Gasteiger partial charge in [-0.1, -0.05) is 0 Å². The zero-order valence-electron chi connectivity index (χ0n) is 13.8. The lowest BCUT2D eigenvalue weighted by Gasteiger charge is -2.13. The quantitative estimate of drug-likeness (QED) is 0.645. The van der Waals surface area contributed by atoms with Crippen molar-refractivity contribution in [2.75, 3.05) is 26.8 Å². The van der Waals surface area contributed by atoms with Crippen LogP contribution in [0.3, 0.4) is 0 Å². The molecule has 1 fully saturated rings. The third-order valence-corrected chi connectivity index (χ3v) is 5.21. The van der Waals surface area contributed by atoms with Gasteiger partial charge in [0.15, 0.2) is 0 Å². The first-order valence-corrected chi connectivity index (χ1v) is 9.51. The van der Waals surface area contributed by atoms with Crippen LogP contribution in [-0.2, 0) is 19.6 Å². The van der Waals surface area contributed by atoms with E-state index in [1.165, 1.54) is 32.1 Å². The van der Waals surface area contributed by atoms with Crippen LogP contribution in [0.4, 0.5) is 0 Å². The van der Waals surface area contributed by atoms with Gasteiger partial charge in [-0.15, -0.1) is 0 Å². The fraction of sp³-hybridized carbons (Fsp3) is 0.562. The molecule has 1 aromatic rings. The van der Waals surface area contributed by atoms with E-state index in [9.17, 15) is 13.2 Å². The van der Waals surface area contributed by atoms with E-state index in [-0.39, 0.29) is 17.5 Å². The van der Waals surface area contributed by atoms with Crippen molar-refractivity contribution in [1.82, 2.24) is 10.0 Å². The molecule has 1 aromatic carbocycles. The lowest BCUT2D eigenvalue weighted by Crippen LogP contribution is -2.38. The number of carbonyl (C=O) groups is 1. The zero-order valence-corrected chi connectivity index (χ0v) is 14.6. The lowest BCUT2D eigenvalue weighted by molar-refractivity contribution is -0.120. The van der Waals surface area contributed by atoms with Crippen molar-refractivity contribution < 1.29 is 22.7 Å². The Hall–Kier alpha value is -1.64. The Kier molecular flexibility index (Phi) is 7.01. The highest BCUT2D eigenvalue weighted by atomic mass is 32.2. The minimum Gasteiger partial charge on any atom is -0.490 e. The maximum absolute atomic E-state index is 12.2. The average Bonchev–Trinajstić information content (AvgIpc) is 3.07. The van der Waals surface area contributed by atoms with Crippen LogP contribution in [0, 0.1) is 0 Å². The smallest absolute Gasteiger partial charge is 0.241 e. The average molecular weight is 356 g/mol. The minimum absolute atomic E-state index is 0.103. The Morgan fingerprint density at radius 1 is 1.21 bits per heavy atom. The van der Waals surface area contributed by atoms with Gasteiger partial charge >= 0.3 is 0 Å². The van der Waals surface area contributed by atoms with Crippen LogP contribution < -0.4 is 14.8 Å². The molecule has 1 amide bonds. The minimum atomic E-state index is -3.73. The molecular formula is C16H24N2O5S. The standard InChI is InChI=1S/C16H24N2O5S/c1-22-11-10-17-16(19)12-18-24(20,21)15-8-6-14(7-9-15)23-13-4-2-3-5-13/h6-9,13,18H,2-5,10-12H2,1H3,(H,17,19). The van der Waals surface area contributed by atoms with E-state index in [0.29, 0.717) is 18.9 Å². The molecule has 1 aliphatic carbocycles. The van der Waals surface area contributed by atoms with Crippen molar-refractivity contribution >= 4 is 15.9 Å². The highest BCUT2D eigenvalue weighted by Gasteiger charge is 2.18. The predicted octanol–water partition coefficient (Wildman–Crippen LogP) is 1.05. The molecule has 0 unspecified atom stereocenters. The van der Waals surface area contributed by atoms with E-state index in [1.54, 1.807) is 12.1 Å². The Balaban J connectivity index is 1.85. The molecule has 1 aliphatic rings. The summed E-state index contributed by atoms with van der Waals surface area (Å²) in [6.45, 7) is 0.400. The van der Waals surface area contributed by atoms with E-state index in [0.717, 1.165) is 12.8 Å². The Bertz CT molecular complexity index is 624. The van der Waals surface area contributed by atoms with Gasteiger partial charge in [-0.3, -0.25) is 4.79 Å². The van der Waals surface area contributed by atoms with Gasteiger partial charge in [0.2, 0.25) is 15.9 Å². The molecule has 2 rings (SSSR count). The third-order valence-electron chi connectivity index (χ3n) is 3.79. The summed E-state index contributed by atoms with van der Waals surface area (Å²) in [6, 6.07) is 6.25. The van der Waals surface area contributed by atoms with Crippen molar-refractivity contribution in [3.8, 4) is 5.75 Å². The second-order valence-electron chi connectivity index (χ2n) is 5.66. The van der Waals surface area contributed by atoms with Gasteiger partial charge < -0.3 is 14.8 Å². The van der Waals surface area contributed by atoms with E-state index in [2.05, 4.69) is 10.0 Å². The molecule has 8 heteroatoms. The van der Waals surface area contributed by atoms with Crippen molar-refractivity contribution in [3.63, 3.8) is 0 Å². The molecule has 0 bridgehead atoms. The van der Waals surface area contributed by atoms with Gasteiger partial charge in [-0.25, -0.2) is 13.1 Å². The van der Waals surface area contributed by atoms with Gasteiger partial charge in [0.1, 0.15) is 5.75 Å². The second-order valence-corrected chi connectivity index (χ2v) is 7.43.